The SMILES string of the molecule is CCCCNC(=O)N1CCNCC12CCNCC2. The van der Waals surface area contributed by atoms with Crippen molar-refractivity contribution in [3.8, 4) is 0 Å². The van der Waals surface area contributed by atoms with E-state index >= 15 is 0 Å². The topological polar surface area (TPSA) is 56.4 Å². The summed E-state index contributed by atoms with van der Waals surface area (Å²) in [6, 6.07) is 0.131. The van der Waals surface area contributed by atoms with Crippen LogP contribution in [-0.2, 0) is 0 Å². The number of amides is 2. The lowest BCUT2D eigenvalue weighted by Crippen LogP contribution is -2.67. The maximum absolute atomic E-state index is 12.3. The van der Waals surface area contributed by atoms with Crippen LogP contribution in [0.3, 0.4) is 0 Å². The number of urea groups is 1. The van der Waals surface area contributed by atoms with Crippen molar-refractivity contribution in [3.63, 3.8) is 0 Å². The van der Waals surface area contributed by atoms with Crippen molar-refractivity contribution in [2.75, 3.05) is 39.3 Å². The molecular weight excluding hydrogens is 228 g/mol. The molecule has 1 spiro atoms. The summed E-state index contributed by atoms with van der Waals surface area (Å²) in [5, 5.41) is 9.89. The van der Waals surface area contributed by atoms with E-state index in [1.54, 1.807) is 0 Å². The first-order chi connectivity index (χ1) is 8.78. The van der Waals surface area contributed by atoms with Crippen LogP contribution in [0.4, 0.5) is 4.79 Å². The first kappa shape index (κ1) is 13.6. The van der Waals surface area contributed by atoms with Gasteiger partial charge in [-0.3, -0.25) is 0 Å². The summed E-state index contributed by atoms with van der Waals surface area (Å²) in [4.78, 5) is 14.4. The summed E-state index contributed by atoms with van der Waals surface area (Å²) in [5.74, 6) is 0. The number of nitrogens with zero attached hydrogens (tertiary/aromatic N) is 1. The fourth-order valence-corrected chi connectivity index (χ4v) is 2.97. The maximum atomic E-state index is 12.3. The van der Waals surface area contributed by atoms with Crippen LogP contribution >= 0.6 is 0 Å². The molecule has 0 aromatic rings. The van der Waals surface area contributed by atoms with Crippen molar-refractivity contribution in [1.82, 2.24) is 20.9 Å². The molecule has 2 heterocycles. The molecular formula is C13H26N4O. The van der Waals surface area contributed by atoms with E-state index in [-0.39, 0.29) is 11.6 Å². The average molecular weight is 254 g/mol. The van der Waals surface area contributed by atoms with Gasteiger partial charge in [0, 0.05) is 26.2 Å². The number of unbranched alkanes of at least 4 members (excludes halogenated alkanes) is 1. The Hall–Kier alpha value is -0.810. The van der Waals surface area contributed by atoms with Gasteiger partial charge in [0.05, 0.1) is 5.54 Å². The molecule has 2 aliphatic rings. The molecule has 0 atom stereocenters. The largest absolute Gasteiger partial charge is 0.338 e. The monoisotopic (exact) mass is 254 g/mol. The molecule has 2 amide bonds. The maximum Gasteiger partial charge on any atom is 0.317 e. The molecule has 2 fully saturated rings. The second-order valence-corrected chi connectivity index (χ2v) is 5.39. The summed E-state index contributed by atoms with van der Waals surface area (Å²) in [5.41, 5.74) is 0.0415. The molecule has 2 saturated heterocycles. The Morgan fingerprint density at radius 1 is 1.28 bits per heavy atom. The van der Waals surface area contributed by atoms with Crippen molar-refractivity contribution in [2.45, 2.75) is 38.1 Å². The van der Waals surface area contributed by atoms with Crippen molar-refractivity contribution in [3.05, 3.63) is 0 Å². The predicted octanol–water partition coefficient (Wildman–Crippen LogP) is 0.524. The van der Waals surface area contributed by atoms with Crippen molar-refractivity contribution < 1.29 is 4.79 Å². The third kappa shape index (κ3) is 2.95. The quantitative estimate of drug-likeness (QED) is 0.644. The van der Waals surface area contributed by atoms with Crippen LogP contribution in [0, 0.1) is 0 Å². The number of hydrogen-bond acceptors (Lipinski definition) is 3. The van der Waals surface area contributed by atoms with Crippen molar-refractivity contribution in [1.29, 1.82) is 0 Å². The molecule has 5 nitrogen and oxygen atoms in total. The van der Waals surface area contributed by atoms with Crippen LogP contribution in [0.1, 0.15) is 32.6 Å². The summed E-state index contributed by atoms with van der Waals surface area (Å²) < 4.78 is 0. The first-order valence-corrected chi connectivity index (χ1v) is 7.25. The minimum Gasteiger partial charge on any atom is -0.338 e. The molecule has 2 rings (SSSR count). The van der Waals surface area contributed by atoms with E-state index in [4.69, 9.17) is 0 Å². The van der Waals surface area contributed by atoms with E-state index in [2.05, 4.69) is 27.8 Å². The highest BCUT2D eigenvalue weighted by atomic mass is 16.2. The Labute approximate surface area is 110 Å². The Balaban J connectivity index is 1.96. The lowest BCUT2D eigenvalue weighted by Gasteiger charge is -2.49. The van der Waals surface area contributed by atoms with Gasteiger partial charge in [-0.15, -0.1) is 0 Å². The van der Waals surface area contributed by atoms with E-state index in [0.29, 0.717) is 0 Å². The van der Waals surface area contributed by atoms with E-state index in [1.807, 2.05) is 0 Å². The van der Waals surface area contributed by atoms with Crippen molar-refractivity contribution >= 4 is 6.03 Å². The summed E-state index contributed by atoms with van der Waals surface area (Å²) in [7, 11) is 0. The summed E-state index contributed by atoms with van der Waals surface area (Å²) in [6.45, 7) is 7.66. The molecule has 0 aliphatic carbocycles. The summed E-state index contributed by atoms with van der Waals surface area (Å²) in [6.07, 6.45) is 4.30. The molecule has 0 unspecified atom stereocenters. The Kier molecular flexibility index (Phi) is 4.83. The predicted molar refractivity (Wildman–Crippen MR) is 72.7 cm³/mol. The highest BCUT2D eigenvalue weighted by molar-refractivity contribution is 5.75. The van der Waals surface area contributed by atoms with E-state index in [9.17, 15) is 4.79 Å². The molecule has 0 aromatic heterocycles. The molecule has 2 aliphatic heterocycles. The third-order valence-electron chi connectivity index (χ3n) is 4.12. The minimum absolute atomic E-state index is 0.0415. The second kappa shape index (κ2) is 6.38. The highest BCUT2D eigenvalue weighted by Gasteiger charge is 2.42. The minimum atomic E-state index is 0.0415. The number of piperazine rings is 1. The second-order valence-electron chi connectivity index (χ2n) is 5.39. The number of carbonyl (C=O) groups excluding carboxylic acids is 1. The number of carbonyl (C=O) groups is 1. The molecule has 18 heavy (non-hydrogen) atoms. The summed E-state index contributed by atoms with van der Waals surface area (Å²) >= 11 is 0. The van der Waals surface area contributed by atoms with E-state index in [1.165, 1.54) is 0 Å². The zero-order valence-corrected chi connectivity index (χ0v) is 11.4. The Bertz CT molecular complexity index is 268. The fraction of sp³-hybridized carbons (Fsp3) is 0.923. The lowest BCUT2D eigenvalue weighted by molar-refractivity contribution is 0.0624. The lowest BCUT2D eigenvalue weighted by atomic mass is 9.85. The zero-order valence-electron chi connectivity index (χ0n) is 11.4. The van der Waals surface area contributed by atoms with Gasteiger partial charge in [-0.05, 0) is 32.4 Å². The van der Waals surface area contributed by atoms with Gasteiger partial charge < -0.3 is 20.9 Å². The van der Waals surface area contributed by atoms with Gasteiger partial charge in [-0.2, -0.15) is 0 Å². The number of rotatable bonds is 3. The Morgan fingerprint density at radius 3 is 2.78 bits per heavy atom. The molecule has 3 N–H and O–H groups in total. The number of piperidine rings is 1. The van der Waals surface area contributed by atoms with Gasteiger partial charge >= 0.3 is 6.03 Å². The molecule has 0 radical (unpaired) electrons. The third-order valence-corrected chi connectivity index (χ3v) is 4.12. The van der Waals surface area contributed by atoms with Crippen LogP contribution in [0.2, 0.25) is 0 Å². The molecule has 5 heteroatoms. The van der Waals surface area contributed by atoms with Gasteiger partial charge in [0.25, 0.3) is 0 Å². The fourth-order valence-electron chi connectivity index (χ4n) is 2.97. The van der Waals surface area contributed by atoms with Crippen LogP contribution < -0.4 is 16.0 Å². The molecule has 0 saturated carbocycles. The van der Waals surface area contributed by atoms with Crippen LogP contribution in [0.15, 0.2) is 0 Å². The molecule has 104 valence electrons. The van der Waals surface area contributed by atoms with Crippen LogP contribution in [-0.4, -0.2) is 55.7 Å². The van der Waals surface area contributed by atoms with E-state index in [0.717, 1.165) is 65.0 Å². The van der Waals surface area contributed by atoms with Gasteiger partial charge in [-0.25, -0.2) is 4.79 Å². The van der Waals surface area contributed by atoms with E-state index < -0.39 is 0 Å². The smallest absolute Gasteiger partial charge is 0.317 e. The number of hydrogen-bond donors (Lipinski definition) is 3. The van der Waals surface area contributed by atoms with Gasteiger partial charge in [-0.1, -0.05) is 13.3 Å². The average Bonchev–Trinajstić information content (AvgIpc) is 2.40. The van der Waals surface area contributed by atoms with Gasteiger partial charge in [0.1, 0.15) is 0 Å². The Morgan fingerprint density at radius 2 is 2.06 bits per heavy atom. The molecule has 0 aromatic carbocycles. The molecule has 0 bridgehead atoms. The zero-order chi connectivity index (χ0) is 12.8. The number of nitrogens with one attached hydrogen (secondary N) is 3. The van der Waals surface area contributed by atoms with Crippen LogP contribution in [0.5, 0.6) is 0 Å². The van der Waals surface area contributed by atoms with Crippen molar-refractivity contribution in [2.24, 2.45) is 0 Å². The van der Waals surface area contributed by atoms with Gasteiger partial charge in [0.2, 0.25) is 0 Å². The first-order valence-electron chi connectivity index (χ1n) is 7.25. The van der Waals surface area contributed by atoms with Crippen LogP contribution in [0.25, 0.3) is 0 Å². The highest BCUT2D eigenvalue weighted by Crippen LogP contribution is 2.27. The van der Waals surface area contributed by atoms with Gasteiger partial charge in [0.15, 0.2) is 0 Å². The normalized spacial score (nSPS) is 23.1. The standard InChI is InChI=1S/C13H26N4O/c1-2-3-6-16-12(18)17-10-9-15-11-13(17)4-7-14-8-5-13/h14-15H,2-11H2,1H3,(H,16,18).